The second-order valence-electron chi connectivity index (χ2n) is 13.5. The van der Waals surface area contributed by atoms with E-state index in [4.69, 9.17) is 26.9 Å². The van der Waals surface area contributed by atoms with Crippen LogP contribution in [0, 0.1) is 13.8 Å². The summed E-state index contributed by atoms with van der Waals surface area (Å²) in [4.78, 5) is 65.7. The Labute approximate surface area is 336 Å². The molecule has 0 fully saturated rings. The number of anilines is 3. The van der Waals surface area contributed by atoms with E-state index < -0.39 is 23.6 Å². The summed E-state index contributed by atoms with van der Waals surface area (Å²) < 4.78 is 12.7. The van der Waals surface area contributed by atoms with Crippen LogP contribution in [-0.4, -0.2) is 67.3 Å². The topological polar surface area (TPSA) is 264 Å². The molecule has 8 N–H and O–H groups in total. The fraction of sp³-hybridized carbons (Fsp3) is 0.225. The van der Waals surface area contributed by atoms with Crippen LogP contribution in [0.25, 0.3) is 22.2 Å². The monoisotopic (exact) mass is 798 g/mol. The van der Waals surface area contributed by atoms with Crippen LogP contribution in [0.5, 0.6) is 5.75 Å². The third-order valence-electron chi connectivity index (χ3n) is 9.53. The molecular weight excluding hydrogens is 757 g/mol. The van der Waals surface area contributed by atoms with Gasteiger partial charge in [-0.2, -0.15) is 10.2 Å². The lowest BCUT2D eigenvalue weighted by Crippen LogP contribution is -2.21. The van der Waals surface area contributed by atoms with Crippen molar-refractivity contribution in [2.45, 2.75) is 60.5 Å². The minimum absolute atomic E-state index is 0.0518. The van der Waals surface area contributed by atoms with Gasteiger partial charge in [-0.15, -0.1) is 0 Å². The Hall–Kier alpha value is -7.83. The predicted molar refractivity (Wildman–Crippen MR) is 220 cm³/mol. The average molecular weight is 799 g/mol. The number of nitrogens with two attached hydrogens (primary N) is 3. The zero-order valence-electron chi connectivity index (χ0n) is 32.8. The zero-order chi connectivity index (χ0) is 42.0. The molecule has 19 heteroatoms. The van der Waals surface area contributed by atoms with Crippen LogP contribution in [0.2, 0.25) is 0 Å². The predicted octanol–water partition coefficient (Wildman–Crippen LogP) is 3.95. The van der Waals surface area contributed by atoms with Crippen LogP contribution in [0.1, 0.15) is 72.5 Å². The van der Waals surface area contributed by atoms with Crippen molar-refractivity contribution in [3.05, 3.63) is 112 Å². The number of fused-ring (bicyclic) bond motifs is 2. The van der Waals surface area contributed by atoms with Crippen LogP contribution >= 0.6 is 0 Å². The van der Waals surface area contributed by atoms with Gasteiger partial charge in [-0.3, -0.25) is 43.7 Å². The Bertz CT molecular complexity index is 2790. The number of pyridine rings is 1. The van der Waals surface area contributed by atoms with Gasteiger partial charge < -0.3 is 26.5 Å². The van der Waals surface area contributed by atoms with Crippen LogP contribution in [0.15, 0.2) is 72.9 Å². The van der Waals surface area contributed by atoms with Gasteiger partial charge in [0.2, 0.25) is 23.7 Å². The number of nitrogen functional groups attached to an aromatic ring is 1. The van der Waals surface area contributed by atoms with Crippen molar-refractivity contribution in [1.82, 2.24) is 43.6 Å². The summed E-state index contributed by atoms with van der Waals surface area (Å²) in [7, 11) is 0. The molecule has 5 aromatic heterocycles. The molecule has 0 aliphatic heterocycles. The average Bonchev–Trinajstić information content (AvgIpc) is 3.96. The fourth-order valence-corrected chi connectivity index (χ4v) is 6.69. The number of ether oxygens (including phenoxy) is 1. The van der Waals surface area contributed by atoms with Crippen LogP contribution in [0.4, 0.5) is 17.6 Å². The highest BCUT2D eigenvalue weighted by Crippen LogP contribution is 2.28. The van der Waals surface area contributed by atoms with Gasteiger partial charge in [-0.1, -0.05) is 30.4 Å². The SMILES string of the molecule is CCn1nc(C)cc1C(=O)Nc1nc2cc(C(N)=O)cc(COc3ccccc3)c2n1C/C=C/Cn1c(NC(=O)c2c(N)c(C)nn2CC)nc2cc(C(N)=O)cnc21. The van der Waals surface area contributed by atoms with Crippen LogP contribution < -0.4 is 32.6 Å². The van der Waals surface area contributed by atoms with Gasteiger partial charge in [-0.05, 0) is 64.1 Å². The number of aromatic nitrogens is 9. The number of imidazole rings is 2. The van der Waals surface area contributed by atoms with Crippen molar-refractivity contribution >= 4 is 63.4 Å². The van der Waals surface area contributed by atoms with Crippen molar-refractivity contribution in [3.8, 4) is 5.75 Å². The Balaban J connectivity index is 1.27. The van der Waals surface area contributed by atoms with Crippen molar-refractivity contribution < 1.29 is 23.9 Å². The standard InChI is InChI=1S/C40H42N14O5/c1-5-53-30(16-22(3)49-53)37(57)47-39-45-28-18-24(34(42)55)17-26(21-59-27-12-8-7-9-13-27)32(28)51(39)14-10-11-15-52-36-29(19-25(20-44-36)35(43)56)46-40(52)48-38(58)33-31(41)23(4)50-54(33)6-2/h7-13,16-20H,5-6,14-15,21,41H2,1-4H3,(H2,42,55)(H2,43,56)(H,45,47,57)(H,46,48,58)/b11-10+. The highest BCUT2D eigenvalue weighted by Gasteiger charge is 2.24. The summed E-state index contributed by atoms with van der Waals surface area (Å²) in [6.45, 7) is 8.49. The Morgan fingerprint density at radius 2 is 1.42 bits per heavy atom. The Morgan fingerprint density at radius 1 is 0.780 bits per heavy atom. The molecule has 0 unspecified atom stereocenters. The van der Waals surface area contributed by atoms with Crippen molar-refractivity contribution in [2.75, 3.05) is 16.4 Å². The van der Waals surface area contributed by atoms with Crippen molar-refractivity contribution in [2.24, 2.45) is 11.5 Å². The van der Waals surface area contributed by atoms with Gasteiger partial charge in [-0.25, -0.2) is 15.0 Å². The number of hydrogen-bond donors (Lipinski definition) is 5. The van der Waals surface area contributed by atoms with Gasteiger partial charge in [0.15, 0.2) is 5.65 Å². The minimum atomic E-state index is -0.684. The number of aryl methyl sites for hydroxylation is 4. The number of hydrogen-bond acceptors (Lipinski definition) is 11. The van der Waals surface area contributed by atoms with E-state index in [1.807, 2.05) is 56.3 Å². The maximum atomic E-state index is 13.7. The molecule has 59 heavy (non-hydrogen) atoms. The minimum Gasteiger partial charge on any atom is -0.489 e. The normalized spacial score (nSPS) is 11.5. The third kappa shape index (κ3) is 7.93. The maximum Gasteiger partial charge on any atom is 0.278 e. The van der Waals surface area contributed by atoms with E-state index in [2.05, 4.69) is 30.8 Å². The van der Waals surface area contributed by atoms with E-state index in [-0.39, 0.29) is 54.1 Å². The summed E-state index contributed by atoms with van der Waals surface area (Å²) in [6.07, 6.45) is 4.99. The number of primary amides is 2. The molecule has 0 atom stereocenters. The van der Waals surface area contributed by atoms with Crippen LogP contribution in [-0.2, 0) is 32.8 Å². The van der Waals surface area contributed by atoms with Gasteiger partial charge in [0.25, 0.3) is 11.8 Å². The molecule has 7 aromatic rings. The molecular formula is C40H42N14O5. The van der Waals surface area contributed by atoms with E-state index in [1.54, 1.807) is 45.9 Å². The smallest absolute Gasteiger partial charge is 0.278 e. The number of allylic oxidation sites excluding steroid dienone is 2. The molecule has 0 aliphatic rings. The molecule has 19 nitrogen and oxygen atoms in total. The van der Waals surface area contributed by atoms with E-state index in [1.165, 1.54) is 16.9 Å². The summed E-state index contributed by atoms with van der Waals surface area (Å²) >= 11 is 0. The van der Waals surface area contributed by atoms with Gasteiger partial charge in [0.05, 0.1) is 33.7 Å². The quantitative estimate of drug-likeness (QED) is 0.0927. The number of benzene rings is 2. The third-order valence-corrected chi connectivity index (χ3v) is 9.53. The first-order valence-electron chi connectivity index (χ1n) is 18.7. The van der Waals surface area contributed by atoms with Crippen molar-refractivity contribution in [3.63, 3.8) is 0 Å². The second-order valence-corrected chi connectivity index (χ2v) is 13.5. The largest absolute Gasteiger partial charge is 0.489 e. The summed E-state index contributed by atoms with van der Waals surface area (Å²) in [5.74, 6) is -1.37. The molecule has 0 saturated heterocycles. The first-order valence-corrected chi connectivity index (χ1v) is 18.7. The van der Waals surface area contributed by atoms with E-state index in [0.717, 1.165) is 0 Å². The van der Waals surface area contributed by atoms with Gasteiger partial charge >= 0.3 is 0 Å². The second kappa shape index (κ2) is 16.3. The molecule has 4 amide bonds. The summed E-state index contributed by atoms with van der Waals surface area (Å²) in [5, 5.41) is 14.5. The molecule has 302 valence electrons. The lowest BCUT2D eigenvalue weighted by molar-refractivity contribution is 0.0991. The molecule has 0 bridgehead atoms. The highest BCUT2D eigenvalue weighted by atomic mass is 16.5. The molecule has 7 rings (SSSR count). The van der Waals surface area contributed by atoms with Crippen molar-refractivity contribution in [1.29, 1.82) is 0 Å². The molecule has 2 aromatic carbocycles. The molecule has 0 spiro atoms. The fourth-order valence-electron chi connectivity index (χ4n) is 6.69. The summed E-state index contributed by atoms with van der Waals surface area (Å²) in [5.41, 5.74) is 22.1. The van der Waals surface area contributed by atoms with E-state index in [0.29, 0.717) is 63.7 Å². The summed E-state index contributed by atoms with van der Waals surface area (Å²) in [6, 6.07) is 15.6. The lowest BCUT2D eigenvalue weighted by Gasteiger charge is -2.13. The van der Waals surface area contributed by atoms with Gasteiger partial charge in [0.1, 0.15) is 29.3 Å². The Morgan fingerprint density at radius 3 is 2.12 bits per heavy atom. The number of nitrogens with zero attached hydrogens (tertiary/aromatic N) is 9. The lowest BCUT2D eigenvalue weighted by atomic mass is 10.1. The number of amides is 4. The number of carbonyl (C=O) groups is 4. The van der Waals surface area contributed by atoms with Gasteiger partial charge in [0, 0.05) is 43.5 Å². The first-order chi connectivity index (χ1) is 28.4. The zero-order valence-corrected chi connectivity index (χ0v) is 32.8. The number of rotatable bonds is 15. The molecule has 5 heterocycles. The number of nitrogens with one attached hydrogen (secondary N) is 2. The van der Waals surface area contributed by atoms with Crippen LogP contribution in [0.3, 0.4) is 0 Å². The maximum absolute atomic E-state index is 13.7. The number of carbonyl (C=O) groups excluding carboxylic acids is 4. The molecule has 0 radical (unpaired) electrons. The molecule has 0 aliphatic carbocycles. The Kier molecular flexibility index (Phi) is 10.9. The van der Waals surface area contributed by atoms with E-state index in [9.17, 15) is 19.2 Å². The number of para-hydroxylation sites is 1. The van der Waals surface area contributed by atoms with E-state index >= 15 is 0 Å². The molecule has 0 saturated carbocycles. The highest BCUT2D eigenvalue weighted by molar-refractivity contribution is 6.07. The first kappa shape index (κ1) is 39.4.